The monoisotopic (exact) mass is 261 g/mol. The normalized spacial score (nSPS) is 18.7. The van der Waals surface area contributed by atoms with Gasteiger partial charge in [-0.2, -0.15) is 0 Å². The number of benzene rings is 1. The lowest BCUT2D eigenvalue weighted by Crippen LogP contribution is -2.44. The highest BCUT2D eigenvalue weighted by molar-refractivity contribution is 5.89. The van der Waals surface area contributed by atoms with Gasteiger partial charge in [0, 0.05) is 13.1 Å². The first-order chi connectivity index (χ1) is 9.20. The first kappa shape index (κ1) is 13.5. The van der Waals surface area contributed by atoms with Crippen molar-refractivity contribution in [3.8, 4) is 0 Å². The second-order valence-electron chi connectivity index (χ2n) is 4.68. The van der Waals surface area contributed by atoms with Gasteiger partial charge in [-0.25, -0.2) is 0 Å². The summed E-state index contributed by atoms with van der Waals surface area (Å²) in [5, 5.41) is 5.52. The summed E-state index contributed by atoms with van der Waals surface area (Å²) in [5.41, 5.74) is 1.11. The molecule has 2 N–H and O–H groups in total. The molecule has 1 saturated heterocycles. The number of nitrogens with zero attached hydrogens (tertiary/aromatic N) is 1. The predicted molar refractivity (Wildman–Crippen MR) is 72.3 cm³/mol. The molecule has 19 heavy (non-hydrogen) atoms. The van der Waals surface area contributed by atoms with E-state index in [2.05, 4.69) is 10.6 Å². The molecule has 2 amide bonds. The third-order valence-electron chi connectivity index (χ3n) is 3.19. The maximum absolute atomic E-state index is 12.1. The van der Waals surface area contributed by atoms with Crippen molar-refractivity contribution in [3.05, 3.63) is 35.9 Å². The van der Waals surface area contributed by atoms with Gasteiger partial charge in [-0.05, 0) is 19.0 Å². The maximum Gasteiger partial charge on any atom is 0.245 e. The minimum atomic E-state index is -0.371. The second kappa shape index (κ2) is 6.33. The molecule has 1 fully saturated rings. The Bertz CT molecular complexity index is 447. The summed E-state index contributed by atoms with van der Waals surface area (Å²) in [7, 11) is 1.71. The number of likely N-dealkylation sites (N-methyl/N-ethyl adjacent to an activating group) is 1. The lowest BCUT2D eigenvalue weighted by Gasteiger charge is -2.17. The van der Waals surface area contributed by atoms with Crippen LogP contribution in [-0.2, 0) is 16.1 Å². The fourth-order valence-corrected chi connectivity index (χ4v) is 2.24. The zero-order chi connectivity index (χ0) is 13.7. The minimum absolute atomic E-state index is 0.00769. The summed E-state index contributed by atoms with van der Waals surface area (Å²) in [6, 6.07) is 9.50. The largest absolute Gasteiger partial charge is 0.343 e. The van der Waals surface area contributed by atoms with Crippen molar-refractivity contribution in [1.29, 1.82) is 0 Å². The highest BCUT2D eigenvalue weighted by Crippen LogP contribution is 2.14. The molecule has 5 nitrogen and oxygen atoms in total. The van der Waals surface area contributed by atoms with Crippen molar-refractivity contribution in [1.82, 2.24) is 15.5 Å². The third-order valence-corrected chi connectivity index (χ3v) is 3.19. The average molecular weight is 261 g/mol. The molecule has 1 aromatic rings. The van der Waals surface area contributed by atoms with Crippen molar-refractivity contribution < 1.29 is 9.59 Å². The summed E-state index contributed by atoms with van der Waals surface area (Å²) in [4.78, 5) is 25.4. The SMILES string of the molecule is CNCC(=O)NC1CCN(Cc2ccccc2)C1=O. The van der Waals surface area contributed by atoms with E-state index in [1.165, 1.54) is 0 Å². The fraction of sp³-hybridized carbons (Fsp3) is 0.429. The van der Waals surface area contributed by atoms with Gasteiger partial charge in [0.2, 0.25) is 11.8 Å². The van der Waals surface area contributed by atoms with Crippen LogP contribution in [0, 0.1) is 0 Å². The molecule has 0 aliphatic carbocycles. The van der Waals surface area contributed by atoms with E-state index in [0.717, 1.165) is 5.56 Å². The number of hydrogen-bond acceptors (Lipinski definition) is 3. The van der Waals surface area contributed by atoms with Crippen LogP contribution in [0.5, 0.6) is 0 Å². The van der Waals surface area contributed by atoms with Gasteiger partial charge in [0.25, 0.3) is 0 Å². The van der Waals surface area contributed by atoms with E-state index in [-0.39, 0.29) is 24.4 Å². The van der Waals surface area contributed by atoms with Crippen LogP contribution in [0.2, 0.25) is 0 Å². The number of rotatable bonds is 5. The summed E-state index contributed by atoms with van der Waals surface area (Å²) in [6.45, 7) is 1.54. The fourth-order valence-electron chi connectivity index (χ4n) is 2.24. The molecule has 1 unspecified atom stereocenters. The Kier molecular flexibility index (Phi) is 4.52. The smallest absolute Gasteiger partial charge is 0.245 e. The Balaban J connectivity index is 1.89. The lowest BCUT2D eigenvalue weighted by molar-refractivity contribution is -0.132. The van der Waals surface area contributed by atoms with Gasteiger partial charge in [0.15, 0.2) is 0 Å². The van der Waals surface area contributed by atoms with Gasteiger partial charge in [0.1, 0.15) is 6.04 Å². The number of hydrogen-bond donors (Lipinski definition) is 2. The van der Waals surface area contributed by atoms with Crippen LogP contribution in [0.3, 0.4) is 0 Å². The summed E-state index contributed by atoms with van der Waals surface area (Å²) < 4.78 is 0. The summed E-state index contributed by atoms with van der Waals surface area (Å²) >= 11 is 0. The van der Waals surface area contributed by atoms with Crippen LogP contribution in [0.25, 0.3) is 0 Å². The molecule has 5 heteroatoms. The van der Waals surface area contributed by atoms with E-state index >= 15 is 0 Å². The van der Waals surface area contributed by atoms with Crippen LogP contribution in [0.15, 0.2) is 30.3 Å². The van der Waals surface area contributed by atoms with Crippen LogP contribution < -0.4 is 10.6 Å². The average Bonchev–Trinajstić information content (AvgIpc) is 2.73. The van der Waals surface area contributed by atoms with Crippen LogP contribution >= 0.6 is 0 Å². The van der Waals surface area contributed by atoms with Crippen LogP contribution in [0.4, 0.5) is 0 Å². The molecule has 0 radical (unpaired) electrons. The Labute approximate surface area is 113 Å². The lowest BCUT2D eigenvalue weighted by atomic mass is 10.2. The molecular weight excluding hydrogens is 242 g/mol. The quantitative estimate of drug-likeness (QED) is 0.791. The van der Waals surface area contributed by atoms with Crippen LogP contribution in [0.1, 0.15) is 12.0 Å². The number of likely N-dealkylation sites (tertiary alicyclic amines) is 1. The summed E-state index contributed by atoms with van der Waals surface area (Å²) in [6.07, 6.45) is 0.682. The van der Waals surface area contributed by atoms with E-state index in [9.17, 15) is 9.59 Å². The van der Waals surface area contributed by atoms with E-state index < -0.39 is 0 Å². The first-order valence-electron chi connectivity index (χ1n) is 6.47. The van der Waals surface area contributed by atoms with Gasteiger partial charge in [0.05, 0.1) is 6.54 Å². The molecule has 1 aromatic carbocycles. The number of carbonyl (C=O) groups excluding carboxylic acids is 2. The molecule has 0 aromatic heterocycles. The molecule has 0 bridgehead atoms. The summed E-state index contributed by atoms with van der Waals surface area (Å²) in [5.74, 6) is -0.129. The molecule has 2 rings (SSSR count). The van der Waals surface area contributed by atoms with E-state index in [4.69, 9.17) is 0 Å². The molecule has 0 saturated carbocycles. The zero-order valence-electron chi connectivity index (χ0n) is 11.1. The Hall–Kier alpha value is -1.88. The Morgan fingerprint density at radius 2 is 2.11 bits per heavy atom. The van der Waals surface area contributed by atoms with Crippen molar-refractivity contribution in [3.63, 3.8) is 0 Å². The number of nitrogens with one attached hydrogen (secondary N) is 2. The second-order valence-corrected chi connectivity index (χ2v) is 4.68. The van der Waals surface area contributed by atoms with Gasteiger partial charge in [-0.1, -0.05) is 30.3 Å². The number of carbonyl (C=O) groups is 2. The molecule has 1 aliphatic heterocycles. The van der Waals surface area contributed by atoms with Crippen molar-refractivity contribution in [2.75, 3.05) is 20.1 Å². The van der Waals surface area contributed by atoms with Crippen molar-refractivity contribution in [2.45, 2.75) is 19.0 Å². The van der Waals surface area contributed by atoms with Gasteiger partial charge in [-0.3, -0.25) is 9.59 Å². The van der Waals surface area contributed by atoms with Crippen molar-refractivity contribution >= 4 is 11.8 Å². The van der Waals surface area contributed by atoms with Gasteiger partial charge < -0.3 is 15.5 Å². The van der Waals surface area contributed by atoms with Gasteiger partial charge in [-0.15, -0.1) is 0 Å². The van der Waals surface area contributed by atoms with E-state index in [0.29, 0.717) is 19.5 Å². The number of amides is 2. The van der Waals surface area contributed by atoms with Gasteiger partial charge >= 0.3 is 0 Å². The maximum atomic E-state index is 12.1. The highest BCUT2D eigenvalue weighted by atomic mass is 16.2. The van der Waals surface area contributed by atoms with Crippen LogP contribution in [-0.4, -0.2) is 42.9 Å². The molecule has 0 spiro atoms. The zero-order valence-corrected chi connectivity index (χ0v) is 11.1. The predicted octanol–water partition coefficient (Wildman–Crippen LogP) is 0.123. The third kappa shape index (κ3) is 3.54. The molecule has 102 valence electrons. The topological polar surface area (TPSA) is 61.4 Å². The highest BCUT2D eigenvalue weighted by Gasteiger charge is 2.32. The first-order valence-corrected chi connectivity index (χ1v) is 6.47. The standard InChI is InChI=1S/C14H19N3O2/c1-15-9-13(18)16-12-7-8-17(14(12)19)10-11-5-3-2-4-6-11/h2-6,12,15H,7-10H2,1H3,(H,16,18). The van der Waals surface area contributed by atoms with Crippen molar-refractivity contribution in [2.24, 2.45) is 0 Å². The molecular formula is C14H19N3O2. The molecule has 1 heterocycles. The minimum Gasteiger partial charge on any atom is -0.343 e. The van der Waals surface area contributed by atoms with E-state index in [1.807, 2.05) is 30.3 Å². The Morgan fingerprint density at radius 1 is 1.37 bits per heavy atom. The molecule has 1 aliphatic rings. The Morgan fingerprint density at radius 3 is 2.79 bits per heavy atom. The molecule has 1 atom stereocenters. The van der Waals surface area contributed by atoms with E-state index in [1.54, 1.807) is 11.9 Å².